The summed E-state index contributed by atoms with van der Waals surface area (Å²) in [6, 6.07) is 21.0. The molecular weight excluding hydrogens is 392 g/mol. The molecule has 0 bridgehead atoms. The van der Waals surface area contributed by atoms with Gasteiger partial charge in [0.05, 0.1) is 16.7 Å². The normalized spacial score (nSPS) is 13.0. The number of imide groups is 1. The van der Waals surface area contributed by atoms with Gasteiger partial charge in [0.2, 0.25) is 0 Å². The molecule has 1 aromatic heterocycles. The van der Waals surface area contributed by atoms with Gasteiger partial charge in [0.1, 0.15) is 5.75 Å². The number of amides is 2. The highest BCUT2D eigenvalue weighted by atomic mass is 16.5. The summed E-state index contributed by atoms with van der Waals surface area (Å²) in [5.41, 5.74) is 3.19. The van der Waals surface area contributed by atoms with Crippen LogP contribution in [0.15, 0.2) is 79.0 Å². The molecule has 0 saturated heterocycles. The van der Waals surface area contributed by atoms with E-state index in [9.17, 15) is 14.4 Å². The first-order chi connectivity index (χ1) is 15.1. The molecule has 2 amide bonds. The molecule has 1 N–H and O–H groups in total. The predicted octanol–water partition coefficient (Wildman–Crippen LogP) is 4.23. The van der Waals surface area contributed by atoms with Crippen molar-refractivity contribution in [2.75, 3.05) is 6.54 Å². The molecule has 6 nitrogen and oxygen atoms in total. The Morgan fingerprint density at radius 3 is 2.26 bits per heavy atom. The van der Waals surface area contributed by atoms with Crippen molar-refractivity contribution in [3.05, 3.63) is 101 Å². The van der Waals surface area contributed by atoms with Crippen LogP contribution in [0.3, 0.4) is 0 Å². The molecule has 0 unspecified atom stereocenters. The summed E-state index contributed by atoms with van der Waals surface area (Å²) in [5.74, 6) is -0.526. The van der Waals surface area contributed by atoms with Gasteiger partial charge in [0, 0.05) is 23.6 Å². The monoisotopic (exact) mass is 410 g/mol. The lowest BCUT2D eigenvalue weighted by molar-refractivity contribution is 0.0654. The molecular formula is C25H18N2O4. The van der Waals surface area contributed by atoms with Crippen molar-refractivity contribution in [3.63, 3.8) is 0 Å². The van der Waals surface area contributed by atoms with Gasteiger partial charge in [0.25, 0.3) is 11.8 Å². The van der Waals surface area contributed by atoms with Crippen LogP contribution >= 0.6 is 0 Å². The van der Waals surface area contributed by atoms with E-state index in [-0.39, 0.29) is 18.4 Å². The first-order valence-electron chi connectivity index (χ1n) is 9.94. The molecule has 152 valence electrons. The average molecular weight is 410 g/mol. The summed E-state index contributed by atoms with van der Waals surface area (Å²) in [6.07, 6.45) is 2.34. The highest BCUT2D eigenvalue weighted by Gasteiger charge is 2.34. The number of nitrogens with zero attached hydrogens (tertiary/aromatic N) is 1. The van der Waals surface area contributed by atoms with E-state index >= 15 is 0 Å². The first-order valence-corrected chi connectivity index (χ1v) is 9.94. The van der Waals surface area contributed by atoms with E-state index in [4.69, 9.17) is 4.74 Å². The number of benzene rings is 3. The molecule has 1 aliphatic heterocycles. The Labute approximate surface area is 178 Å². The third-order valence-electron chi connectivity index (χ3n) is 5.44. The summed E-state index contributed by atoms with van der Waals surface area (Å²) in [4.78, 5) is 42.0. The SMILES string of the molecule is O=C(Oc1ccc2[nH]cc(CCN3C(=O)c4ccccc4C3=O)c2c1)c1ccccc1. The summed E-state index contributed by atoms with van der Waals surface area (Å²) in [6.45, 7) is 0.271. The predicted molar refractivity (Wildman–Crippen MR) is 115 cm³/mol. The fourth-order valence-corrected chi connectivity index (χ4v) is 3.84. The molecule has 31 heavy (non-hydrogen) atoms. The second-order valence-electron chi connectivity index (χ2n) is 7.33. The maximum atomic E-state index is 12.6. The zero-order valence-corrected chi connectivity index (χ0v) is 16.5. The lowest BCUT2D eigenvalue weighted by atomic mass is 10.1. The Morgan fingerprint density at radius 2 is 1.55 bits per heavy atom. The highest BCUT2D eigenvalue weighted by Crippen LogP contribution is 2.27. The van der Waals surface area contributed by atoms with Gasteiger partial charge in [-0.25, -0.2) is 4.79 Å². The Kier molecular flexibility index (Phi) is 4.59. The van der Waals surface area contributed by atoms with E-state index in [2.05, 4.69) is 4.98 Å². The number of nitrogens with one attached hydrogen (secondary N) is 1. The third kappa shape index (κ3) is 3.38. The van der Waals surface area contributed by atoms with Gasteiger partial charge in [-0.2, -0.15) is 0 Å². The number of fused-ring (bicyclic) bond motifs is 2. The fraction of sp³-hybridized carbons (Fsp3) is 0.0800. The van der Waals surface area contributed by atoms with Gasteiger partial charge in [-0.05, 0) is 54.4 Å². The van der Waals surface area contributed by atoms with Crippen molar-refractivity contribution in [2.45, 2.75) is 6.42 Å². The minimum absolute atomic E-state index is 0.266. The number of H-pyrrole nitrogens is 1. The van der Waals surface area contributed by atoms with E-state index in [1.807, 2.05) is 18.3 Å². The lowest BCUT2D eigenvalue weighted by Gasteiger charge is -2.13. The van der Waals surface area contributed by atoms with Crippen molar-refractivity contribution in [3.8, 4) is 5.75 Å². The second kappa shape index (κ2) is 7.57. The number of carbonyl (C=O) groups is 3. The molecule has 6 heteroatoms. The van der Waals surface area contributed by atoms with Crippen LogP contribution in [0.25, 0.3) is 10.9 Å². The fourth-order valence-electron chi connectivity index (χ4n) is 3.84. The molecule has 2 heterocycles. The minimum Gasteiger partial charge on any atom is -0.423 e. The van der Waals surface area contributed by atoms with Crippen molar-refractivity contribution in [2.24, 2.45) is 0 Å². The molecule has 5 rings (SSSR count). The maximum Gasteiger partial charge on any atom is 0.343 e. The largest absolute Gasteiger partial charge is 0.423 e. The van der Waals surface area contributed by atoms with Gasteiger partial charge in [-0.15, -0.1) is 0 Å². The highest BCUT2D eigenvalue weighted by molar-refractivity contribution is 6.21. The number of ether oxygens (including phenoxy) is 1. The minimum atomic E-state index is -0.428. The summed E-state index contributed by atoms with van der Waals surface area (Å²) in [7, 11) is 0. The molecule has 3 aromatic carbocycles. The van der Waals surface area contributed by atoms with E-state index in [0.717, 1.165) is 16.5 Å². The van der Waals surface area contributed by atoms with Crippen LogP contribution in [0.2, 0.25) is 0 Å². The summed E-state index contributed by atoms with van der Waals surface area (Å²) >= 11 is 0. The van der Waals surface area contributed by atoms with E-state index < -0.39 is 5.97 Å². The topological polar surface area (TPSA) is 79.5 Å². The molecule has 1 aliphatic rings. The van der Waals surface area contributed by atoms with Crippen LogP contribution in [-0.4, -0.2) is 34.2 Å². The average Bonchev–Trinajstić information content (AvgIpc) is 3.31. The quantitative estimate of drug-likeness (QED) is 0.303. The van der Waals surface area contributed by atoms with Crippen molar-refractivity contribution < 1.29 is 19.1 Å². The Bertz CT molecular complexity index is 1290. The van der Waals surface area contributed by atoms with Gasteiger partial charge < -0.3 is 9.72 Å². The van der Waals surface area contributed by atoms with Crippen LogP contribution in [0.5, 0.6) is 5.75 Å². The zero-order valence-electron chi connectivity index (χ0n) is 16.5. The standard InChI is InChI=1S/C25H18N2O4/c28-23-19-8-4-5-9-20(19)24(29)27(23)13-12-17-15-26-22-11-10-18(14-21(17)22)31-25(30)16-6-2-1-3-7-16/h1-11,14-15,26H,12-13H2. The Hall–Kier alpha value is -4.19. The second-order valence-corrected chi connectivity index (χ2v) is 7.33. The van der Waals surface area contributed by atoms with Crippen LogP contribution in [0, 0.1) is 0 Å². The first kappa shape index (κ1) is 18.8. The van der Waals surface area contributed by atoms with Crippen LogP contribution < -0.4 is 4.74 Å². The van der Waals surface area contributed by atoms with Crippen LogP contribution in [0.1, 0.15) is 36.6 Å². The van der Waals surface area contributed by atoms with Crippen LogP contribution in [0.4, 0.5) is 0 Å². The summed E-state index contributed by atoms with van der Waals surface area (Å²) < 4.78 is 5.52. The van der Waals surface area contributed by atoms with E-state index in [1.54, 1.807) is 60.7 Å². The molecule has 0 spiro atoms. The number of aromatic nitrogens is 1. The van der Waals surface area contributed by atoms with Crippen molar-refractivity contribution in [1.29, 1.82) is 0 Å². The number of esters is 1. The van der Waals surface area contributed by atoms with Crippen molar-refractivity contribution in [1.82, 2.24) is 9.88 Å². The van der Waals surface area contributed by atoms with Gasteiger partial charge in [0.15, 0.2) is 0 Å². The van der Waals surface area contributed by atoms with E-state index in [1.165, 1.54) is 4.90 Å². The van der Waals surface area contributed by atoms with E-state index in [0.29, 0.717) is 28.9 Å². The number of aromatic amines is 1. The number of rotatable bonds is 5. The van der Waals surface area contributed by atoms with Gasteiger partial charge in [-0.3, -0.25) is 14.5 Å². The molecule has 0 saturated carbocycles. The molecule has 0 aliphatic carbocycles. The zero-order chi connectivity index (χ0) is 21.4. The number of hydrogen-bond acceptors (Lipinski definition) is 4. The molecule has 0 atom stereocenters. The molecule has 0 fully saturated rings. The Balaban J connectivity index is 1.34. The van der Waals surface area contributed by atoms with Gasteiger partial charge >= 0.3 is 5.97 Å². The van der Waals surface area contributed by atoms with Crippen molar-refractivity contribution >= 4 is 28.7 Å². The van der Waals surface area contributed by atoms with Gasteiger partial charge in [-0.1, -0.05) is 30.3 Å². The number of carbonyl (C=O) groups excluding carboxylic acids is 3. The molecule has 4 aromatic rings. The number of hydrogen-bond donors (Lipinski definition) is 1. The third-order valence-corrected chi connectivity index (χ3v) is 5.44. The summed E-state index contributed by atoms with van der Waals surface area (Å²) in [5, 5.41) is 0.884. The molecule has 0 radical (unpaired) electrons. The Morgan fingerprint density at radius 1 is 0.871 bits per heavy atom. The smallest absolute Gasteiger partial charge is 0.343 e. The lowest BCUT2D eigenvalue weighted by Crippen LogP contribution is -2.31. The van der Waals surface area contributed by atoms with Crippen LogP contribution in [-0.2, 0) is 6.42 Å². The maximum absolute atomic E-state index is 12.6.